The van der Waals surface area contributed by atoms with Crippen molar-refractivity contribution in [3.05, 3.63) is 59.4 Å². The number of halogens is 2. The molecule has 1 fully saturated rings. The van der Waals surface area contributed by atoms with E-state index >= 15 is 0 Å². The lowest BCUT2D eigenvalue weighted by atomic mass is 9.74. The molecular formula is C24H33FIN3O3. The first kappa shape index (κ1) is 26.2. The Morgan fingerprint density at radius 1 is 1.03 bits per heavy atom. The van der Waals surface area contributed by atoms with E-state index in [0.29, 0.717) is 19.8 Å². The highest BCUT2D eigenvalue weighted by molar-refractivity contribution is 14.0. The minimum atomic E-state index is -0.216. The summed E-state index contributed by atoms with van der Waals surface area (Å²) < 4.78 is 29.7. The number of rotatable bonds is 8. The molecule has 6 nitrogen and oxygen atoms in total. The first-order chi connectivity index (χ1) is 15.1. The number of methoxy groups -OCH3 is 2. The van der Waals surface area contributed by atoms with E-state index in [9.17, 15) is 4.39 Å². The number of nitrogens with one attached hydrogen (secondary N) is 2. The van der Waals surface area contributed by atoms with Gasteiger partial charge in [0.15, 0.2) is 17.5 Å². The molecule has 0 spiro atoms. The molecule has 176 valence electrons. The molecule has 2 aromatic carbocycles. The zero-order valence-electron chi connectivity index (χ0n) is 18.9. The van der Waals surface area contributed by atoms with Gasteiger partial charge in [-0.25, -0.2) is 4.39 Å². The molecule has 0 amide bonds. The molecule has 0 bridgehead atoms. The van der Waals surface area contributed by atoms with E-state index in [1.165, 1.54) is 12.1 Å². The lowest BCUT2D eigenvalue weighted by Gasteiger charge is -2.38. The number of ether oxygens (including phenoxy) is 3. The second-order valence-electron chi connectivity index (χ2n) is 7.69. The van der Waals surface area contributed by atoms with Crippen LogP contribution in [0.15, 0.2) is 47.5 Å². The second-order valence-corrected chi connectivity index (χ2v) is 7.69. The number of benzene rings is 2. The van der Waals surface area contributed by atoms with Crippen LogP contribution in [0.1, 0.15) is 24.0 Å². The maximum absolute atomic E-state index is 13.4. The summed E-state index contributed by atoms with van der Waals surface area (Å²) in [6.07, 6.45) is 2.58. The lowest BCUT2D eigenvalue weighted by molar-refractivity contribution is 0.0513. The molecule has 1 saturated heterocycles. The highest BCUT2D eigenvalue weighted by Gasteiger charge is 2.34. The van der Waals surface area contributed by atoms with Crippen molar-refractivity contribution in [2.45, 2.75) is 24.7 Å². The Balaban J connectivity index is 0.00000363. The van der Waals surface area contributed by atoms with E-state index in [4.69, 9.17) is 14.2 Å². The van der Waals surface area contributed by atoms with Crippen molar-refractivity contribution in [1.82, 2.24) is 10.6 Å². The molecule has 2 aromatic rings. The van der Waals surface area contributed by atoms with Crippen LogP contribution in [0.3, 0.4) is 0 Å². The molecule has 0 unspecified atom stereocenters. The van der Waals surface area contributed by atoms with E-state index < -0.39 is 0 Å². The van der Waals surface area contributed by atoms with Crippen LogP contribution in [-0.4, -0.2) is 53.5 Å². The van der Waals surface area contributed by atoms with Gasteiger partial charge in [-0.1, -0.05) is 18.2 Å². The summed E-state index contributed by atoms with van der Waals surface area (Å²) in [6.45, 7) is 2.83. The zero-order chi connectivity index (χ0) is 22.1. The molecule has 3 rings (SSSR count). The third-order valence-corrected chi connectivity index (χ3v) is 5.88. The van der Waals surface area contributed by atoms with Crippen LogP contribution in [0, 0.1) is 5.82 Å². The molecule has 0 atom stereocenters. The van der Waals surface area contributed by atoms with Crippen LogP contribution < -0.4 is 20.1 Å². The van der Waals surface area contributed by atoms with Crippen molar-refractivity contribution >= 4 is 29.9 Å². The van der Waals surface area contributed by atoms with Crippen molar-refractivity contribution in [3.8, 4) is 11.5 Å². The summed E-state index contributed by atoms with van der Waals surface area (Å²) in [5.41, 5.74) is 2.17. The predicted octanol–water partition coefficient (Wildman–Crippen LogP) is 3.92. The van der Waals surface area contributed by atoms with Crippen molar-refractivity contribution in [2.75, 3.05) is 47.6 Å². The fourth-order valence-electron chi connectivity index (χ4n) is 3.97. The highest BCUT2D eigenvalue weighted by atomic mass is 127. The van der Waals surface area contributed by atoms with E-state index in [-0.39, 0.29) is 35.2 Å². The molecule has 0 saturated carbocycles. The Labute approximate surface area is 207 Å². The van der Waals surface area contributed by atoms with Crippen molar-refractivity contribution < 1.29 is 18.6 Å². The maximum Gasteiger partial charge on any atom is 0.191 e. The molecular weight excluding hydrogens is 524 g/mol. The molecule has 0 radical (unpaired) electrons. The van der Waals surface area contributed by atoms with Crippen molar-refractivity contribution in [1.29, 1.82) is 0 Å². The topological polar surface area (TPSA) is 64.1 Å². The monoisotopic (exact) mass is 557 g/mol. The van der Waals surface area contributed by atoms with Gasteiger partial charge in [0.25, 0.3) is 0 Å². The standard InChI is InChI=1S/C24H32FN3O3.HI/c1-26-23(27-13-10-18-4-9-21(29-2)22(16-18)30-3)28-17-24(11-14-31-15-12-24)19-5-7-20(25)8-6-19;/h4-9,16H,10-15,17H2,1-3H3,(H2,26,27,28);1H. The van der Waals surface area contributed by atoms with Gasteiger partial charge in [-0.2, -0.15) is 0 Å². The summed E-state index contributed by atoms with van der Waals surface area (Å²) in [5.74, 6) is 1.97. The smallest absolute Gasteiger partial charge is 0.191 e. The molecule has 1 aliphatic rings. The molecule has 8 heteroatoms. The first-order valence-corrected chi connectivity index (χ1v) is 10.6. The Morgan fingerprint density at radius 2 is 1.72 bits per heavy atom. The van der Waals surface area contributed by atoms with Crippen molar-refractivity contribution in [3.63, 3.8) is 0 Å². The van der Waals surface area contributed by atoms with Gasteiger partial charge >= 0.3 is 0 Å². The van der Waals surface area contributed by atoms with Gasteiger partial charge in [0.05, 0.1) is 14.2 Å². The summed E-state index contributed by atoms with van der Waals surface area (Å²) >= 11 is 0. The molecule has 0 aliphatic carbocycles. The molecule has 2 N–H and O–H groups in total. The normalized spacial score (nSPS) is 15.4. The number of nitrogens with zero attached hydrogens (tertiary/aromatic N) is 1. The number of hydrogen-bond acceptors (Lipinski definition) is 4. The number of aliphatic imine (C=N–C) groups is 1. The molecule has 0 aromatic heterocycles. The third kappa shape index (κ3) is 6.71. The summed E-state index contributed by atoms with van der Waals surface area (Å²) in [6, 6.07) is 12.8. The lowest BCUT2D eigenvalue weighted by Crippen LogP contribution is -2.48. The van der Waals surface area contributed by atoms with Crippen LogP contribution in [0.5, 0.6) is 11.5 Å². The van der Waals surface area contributed by atoms with Crippen molar-refractivity contribution in [2.24, 2.45) is 4.99 Å². The van der Waals surface area contributed by atoms with Crippen LogP contribution >= 0.6 is 24.0 Å². The SMILES string of the molecule is CN=C(NCCc1ccc(OC)c(OC)c1)NCC1(c2ccc(F)cc2)CCOCC1.I. The van der Waals surface area contributed by atoms with Crippen LogP contribution in [0.25, 0.3) is 0 Å². The first-order valence-electron chi connectivity index (χ1n) is 10.6. The average Bonchev–Trinajstić information content (AvgIpc) is 2.82. The summed E-state index contributed by atoms with van der Waals surface area (Å²) in [5, 5.41) is 6.84. The van der Waals surface area contributed by atoms with E-state index in [0.717, 1.165) is 54.4 Å². The van der Waals surface area contributed by atoms with Gasteiger partial charge in [0.2, 0.25) is 0 Å². The van der Waals surface area contributed by atoms with Crippen LogP contribution in [0.2, 0.25) is 0 Å². The molecule has 32 heavy (non-hydrogen) atoms. The minimum absolute atomic E-state index is 0. The quantitative estimate of drug-likeness (QED) is 0.293. The van der Waals surface area contributed by atoms with Gasteiger partial charge in [0, 0.05) is 38.8 Å². The van der Waals surface area contributed by atoms with Gasteiger partial charge < -0.3 is 24.8 Å². The van der Waals surface area contributed by atoms with Gasteiger partial charge in [-0.3, -0.25) is 4.99 Å². The van der Waals surface area contributed by atoms with E-state index in [2.05, 4.69) is 15.6 Å². The zero-order valence-corrected chi connectivity index (χ0v) is 21.3. The fraction of sp³-hybridized carbons (Fsp3) is 0.458. The maximum atomic E-state index is 13.4. The van der Waals surface area contributed by atoms with Crippen LogP contribution in [0.4, 0.5) is 4.39 Å². The fourth-order valence-corrected chi connectivity index (χ4v) is 3.97. The minimum Gasteiger partial charge on any atom is -0.493 e. The summed E-state index contributed by atoms with van der Waals surface area (Å²) in [4.78, 5) is 4.36. The summed E-state index contributed by atoms with van der Waals surface area (Å²) in [7, 11) is 5.03. The second kappa shape index (κ2) is 12.8. The number of hydrogen-bond donors (Lipinski definition) is 2. The highest BCUT2D eigenvalue weighted by Crippen LogP contribution is 2.34. The van der Waals surface area contributed by atoms with Gasteiger partial charge in [-0.05, 0) is 54.7 Å². The molecule has 1 aliphatic heterocycles. The Bertz CT molecular complexity index is 871. The van der Waals surface area contributed by atoms with Gasteiger partial charge in [0.1, 0.15) is 5.82 Å². The number of guanidine groups is 1. The van der Waals surface area contributed by atoms with E-state index in [1.54, 1.807) is 21.3 Å². The predicted molar refractivity (Wildman–Crippen MR) is 136 cm³/mol. The Morgan fingerprint density at radius 3 is 2.34 bits per heavy atom. The molecule has 1 heterocycles. The van der Waals surface area contributed by atoms with E-state index in [1.807, 2.05) is 30.3 Å². The Kier molecular flexibility index (Phi) is 10.5. The Hall–Kier alpha value is -2.07. The van der Waals surface area contributed by atoms with Gasteiger partial charge in [-0.15, -0.1) is 24.0 Å². The third-order valence-electron chi connectivity index (χ3n) is 5.88. The van der Waals surface area contributed by atoms with Crippen LogP contribution in [-0.2, 0) is 16.6 Å². The average molecular weight is 557 g/mol. The largest absolute Gasteiger partial charge is 0.493 e.